The van der Waals surface area contributed by atoms with E-state index in [9.17, 15) is 9.59 Å². The van der Waals surface area contributed by atoms with Gasteiger partial charge in [0.25, 0.3) is 11.8 Å². The Kier molecular flexibility index (Phi) is 5.17. The van der Waals surface area contributed by atoms with E-state index in [0.29, 0.717) is 11.3 Å². The highest BCUT2D eigenvalue weighted by molar-refractivity contribution is 5.97. The van der Waals surface area contributed by atoms with E-state index in [2.05, 4.69) is 5.32 Å². The van der Waals surface area contributed by atoms with Gasteiger partial charge >= 0.3 is 0 Å². The Labute approximate surface area is 139 Å². The molecule has 0 radical (unpaired) electrons. The van der Waals surface area contributed by atoms with E-state index in [-0.39, 0.29) is 11.3 Å². The number of hydrogen-bond donors (Lipinski definition) is 2. The summed E-state index contributed by atoms with van der Waals surface area (Å²) in [5.74, 6) is -0.766. The summed E-state index contributed by atoms with van der Waals surface area (Å²) in [6, 6.07) is 13.5. The van der Waals surface area contributed by atoms with Crippen molar-refractivity contribution in [2.24, 2.45) is 5.73 Å². The smallest absolute Gasteiger partial charge is 0.265 e. The summed E-state index contributed by atoms with van der Waals surface area (Å²) < 4.78 is 5.60. The lowest BCUT2D eigenvalue weighted by atomic mass is 10.1. The van der Waals surface area contributed by atoms with Crippen molar-refractivity contribution >= 4 is 17.5 Å². The standard InChI is InChI=1S/C18H17N3O3/c1-11-6-7-15(17(20)22)16(8-11)24-12(2)18(23)21-14-5-3-4-13(9-14)10-19/h3-9,12H,1-2H3,(H2,20,22)(H,21,23). The number of carbonyl (C=O) groups is 2. The van der Waals surface area contributed by atoms with Gasteiger partial charge < -0.3 is 15.8 Å². The van der Waals surface area contributed by atoms with Crippen LogP contribution in [-0.2, 0) is 4.79 Å². The van der Waals surface area contributed by atoms with Crippen LogP contribution >= 0.6 is 0 Å². The van der Waals surface area contributed by atoms with Crippen molar-refractivity contribution in [1.29, 1.82) is 5.26 Å². The van der Waals surface area contributed by atoms with Crippen molar-refractivity contribution in [3.05, 3.63) is 59.2 Å². The zero-order valence-corrected chi connectivity index (χ0v) is 13.4. The maximum atomic E-state index is 12.2. The molecule has 0 bridgehead atoms. The molecule has 2 aromatic carbocycles. The van der Waals surface area contributed by atoms with E-state index < -0.39 is 17.9 Å². The molecule has 2 rings (SSSR count). The Bertz CT molecular complexity index is 824. The number of nitrogens with zero attached hydrogens (tertiary/aromatic N) is 1. The average molecular weight is 323 g/mol. The second kappa shape index (κ2) is 7.29. The number of hydrogen-bond acceptors (Lipinski definition) is 4. The molecule has 0 spiro atoms. The van der Waals surface area contributed by atoms with Gasteiger partial charge in [0.1, 0.15) is 5.75 Å². The van der Waals surface area contributed by atoms with Gasteiger partial charge in [-0.2, -0.15) is 5.26 Å². The number of aryl methyl sites for hydroxylation is 1. The summed E-state index contributed by atoms with van der Waals surface area (Å²) in [5, 5.41) is 11.5. The minimum atomic E-state index is -0.851. The van der Waals surface area contributed by atoms with Gasteiger partial charge in [0, 0.05) is 5.69 Å². The second-order valence-electron chi connectivity index (χ2n) is 5.31. The lowest BCUT2D eigenvalue weighted by Gasteiger charge is -2.17. The quantitative estimate of drug-likeness (QED) is 0.881. The zero-order chi connectivity index (χ0) is 17.7. The van der Waals surface area contributed by atoms with Gasteiger partial charge in [0.05, 0.1) is 17.2 Å². The summed E-state index contributed by atoms with van der Waals surface area (Å²) in [5.41, 5.74) is 7.35. The Balaban J connectivity index is 2.13. The zero-order valence-electron chi connectivity index (χ0n) is 13.4. The first-order chi connectivity index (χ1) is 11.4. The molecule has 24 heavy (non-hydrogen) atoms. The second-order valence-corrected chi connectivity index (χ2v) is 5.31. The van der Waals surface area contributed by atoms with Gasteiger partial charge in [-0.25, -0.2) is 0 Å². The van der Waals surface area contributed by atoms with Gasteiger partial charge in [0.2, 0.25) is 0 Å². The van der Waals surface area contributed by atoms with Crippen LogP contribution in [-0.4, -0.2) is 17.9 Å². The number of nitrogens with one attached hydrogen (secondary N) is 1. The molecule has 0 heterocycles. The van der Waals surface area contributed by atoms with Gasteiger partial charge in [-0.15, -0.1) is 0 Å². The van der Waals surface area contributed by atoms with E-state index in [1.54, 1.807) is 49.4 Å². The third-order valence-electron chi connectivity index (χ3n) is 3.33. The van der Waals surface area contributed by atoms with E-state index in [0.717, 1.165) is 5.56 Å². The summed E-state index contributed by atoms with van der Waals surface area (Å²) in [6.07, 6.45) is -0.851. The molecule has 1 unspecified atom stereocenters. The van der Waals surface area contributed by atoms with E-state index in [4.69, 9.17) is 15.7 Å². The Morgan fingerprint density at radius 1 is 1.25 bits per heavy atom. The Hall–Kier alpha value is -3.33. The molecule has 0 aromatic heterocycles. The molecule has 6 nitrogen and oxygen atoms in total. The molecule has 0 aliphatic heterocycles. The third kappa shape index (κ3) is 4.11. The van der Waals surface area contributed by atoms with Gasteiger partial charge in [-0.3, -0.25) is 9.59 Å². The predicted octanol–water partition coefficient (Wildman–Crippen LogP) is 2.37. The van der Waals surface area contributed by atoms with Crippen molar-refractivity contribution in [2.75, 3.05) is 5.32 Å². The molecule has 0 fully saturated rings. The van der Waals surface area contributed by atoms with Crippen LogP contribution in [0.5, 0.6) is 5.75 Å². The first-order valence-corrected chi connectivity index (χ1v) is 7.29. The highest BCUT2D eigenvalue weighted by atomic mass is 16.5. The molecule has 0 aliphatic carbocycles. The summed E-state index contributed by atoms with van der Waals surface area (Å²) in [7, 11) is 0. The lowest BCUT2D eigenvalue weighted by Crippen LogP contribution is -2.31. The monoisotopic (exact) mass is 323 g/mol. The molecule has 0 aliphatic rings. The number of benzene rings is 2. The Morgan fingerprint density at radius 3 is 2.67 bits per heavy atom. The molecular weight excluding hydrogens is 306 g/mol. The van der Waals surface area contributed by atoms with Gasteiger partial charge in [0.15, 0.2) is 6.10 Å². The van der Waals surface area contributed by atoms with Crippen molar-refractivity contribution in [2.45, 2.75) is 20.0 Å². The highest BCUT2D eigenvalue weighted by Crippen LogP contribution is 2.21. The van der Waals surface area contributed by atoms with Crippen LogP contribution in [0.2, 0.25) is 0 Å². The number of carbonyl (C=O) groups excluding carboxylic acids is 2. The molecule has 122 valence electrons. The number of nitriles is 1. The number of anilines is 1. The molecule has 2 aromatic rings. The lowest BCUT2D eigenvalue weighted by molar-refractivity contribution is -0.122. The highest BCUT2D eigenvalue weighted by Gasteiger charge is 2.18. The van der Waals surface area contributed by atoms with Crippen LogP contribution in [0.15, 0.2) is 42.5 Å². The van der Waals surface area contributed by atoms with Crippen LogP contribution in [0, 0.1) is 18.3 Å². The van der Waals surface area contributed by atoms with Crippen molar-refractivity contribution in [3.63, 3.8) is 0 Å². The predicted molar refractivity (Wildman–Crippen MR) is 89.6 cm³/mol. The summed E-state index contributed by atoms with van der Waals surface area (Å²) >= 11 is 0. The fraction of sp³-hybridized carbons (Fsp3) is 0.167. The fourth-order valence-corrected chi connectivity index (χ4v) is 2.08. The molecular formula is C18H17N3O3. The molecule has 6 heteroatoms. The number of primary amides is 1. The summed E-state index contributed by atoms with van der Waals surface area (Å²) in [4.78, 5) is 23.7. The van der Waals surface area contributed by atoms with Crippen LogP contribution < -0.4 is 15.8 Å². The molecule has 0 saturated heterocycles. The molecule has 3 N–H and O–H groups in total. The first kappa shape index (κ1) is 17.0. The maximum absolute atomic E-state index is 12.2. The number of ether oxygens (including phenoxy) is 1. The number of amides is 2. The molecule has 2 amide bonds. The maximum Gasteiger partial charge on any atom is 0.265 e. The van der Waals surface area contributed by atoms with Crippen LogP contribution in [0.4, 0.5) is 5.69 Å². The topological polar surface area (TPSA) is 105 Å². The number of nitrogens with two attached hydrogens (primary N) is 1. The van der Waals surface area contributed by atoms with Crippen molar-refractivity contribution < 1.29 is 14.3 Å². The van der Waals surface area contributed by atoms with Crippen LogP contribution in [0.25, 0.3) is 0 Å². The largest absolute Gasteiger partial charge is 0.480 e. The van der Waals surface area contributed by atoms with Gasteiger partial charge in [-0.1, -0.05) is 12.1 Å². The molecule has 0 saturated carbocycles. The third-order valence-corrected chi connectivity index (χ3v) is 3.33. The average Bonchev–Trinajstić information content (AvgIpc) is 2.54. The summed E-state index contributed by atoms with van der Waals surface area (Å²) in [6.45, 7) is 3.41. The van der Waals surface area contributed by atoms with E-state index in [1.807, 2.05) is 13.0 Å². The van der Waals surface area contributed by atoms with Gasteiger partial charge in [-0.05, 0) is 49.7 Å². The van der Waals surface area contributed by atoms with Crippen LogP contribution in [0.1, 0.15) is 28.4 Å². The minimum Gasteiger partial charge on any atom is -0.480 e. The van der Waals surface area contributed by atoms with Crippen molar-refractivity contribution in [3.8, 4) is 11.8 Å². The van der Waals surface area contributed by atoms with Crippen LogP contribution in [0.3, 0.4) is 0 Å². The fourth-order valence-electron chi connectivity index (χ4n) is 2.08. The normalized spacial score (nSPS) is 11.2. The minimum absolute atomic E-state index is 0.215. The first-order valence-electron chi connectivity index (χ1n) is 7.29. The SMILES string of the molecule is Cc1ccc(C(N)=O)c(OC(C)C(=O)Nc2cccc(C#N)c2)c1. The van der Waals surface area contributed by atoms with E-state index >= 15 is 0 Å². The number of rotatable bonds is 5. The Morgan fingerprint density at radius 2 is 2.00 bits per heavy atom. The van der Waals surface area contributed by atoms with E-state index in [1.165, 1.54) is 0 Å². The van der Waals surface area contributed by atoms with Crippen molar-refractivity contribution in [1.82, 2.24) is 0 Å². The molecule has 1 atom stereocenters.